The van der Waals surface area contributed by atoms with Crippen LogP contribution < -0.4 is 0 Å². The maximum absolute atomic E-state index is 12.3. The van der Waals surface area contributed by atoms with Gasteiger partial charge >= 0.3 is 0 Å². The van der Waals surface area contributed by atoms with Crippen molar-refractivity contribution in [1.82, 2.24) is 4.90 Å². The molecule has 0 saturated carbocycles. The number of carbonyl (C=O) groups is 1. The summed E-state index contributed by atoms with van der Waals surface area (Å²) in [4.78, 5) is 24.1. The first-order valence-electron chi connectivity index (χ1n) is 5.91. The zero-order valence-corrected chi connectivity index (χ0v) is 11.1. The van der Waals surface area contributed by atoms with Crippen molar-refractivity contribution in [3.05, 3.63) is 39.9 Å². The van der Waals surface area contributed by atoms with E-state index in [1.807, 2.05) is 27.7 Å². The largest absolute Gasteiger partial charge is 0.334 e. The van der Waals surface area contributed by atoms with Gasteiger partial charge in [0, 0.05) is 29.8 Å². The van der Waals surface area contributed by atoms with E-state index in [0.717, 1.165) is 0 Å². The smallest absolute Gasteiger partial charge is 0.269 e. The Balaban J connectivity index is 2.99. The summed E-state index contributed by atoms with van der Waals surface area (Å²) >= 11 is 0. The van der Waals surface area contributed by atoms with Gasteiger partial charge in [0.1, 0.15) is 0 Å². The molecule has 1 amide bonds. The molecule has 0 fully saturated rings. The van der Waals surface area contributed by atoms with Gasteiger partial charge in [0.2, 0.25) is 0 Å². The average molecular weight is 250 g/mol. The van der Waals surface area contributed by atoms with E-state index in [1.54, 1.807) is 4.90 Å². The summed E-state index contributed by atoms with van der Waals surface area (Å²) in [6, 6.07) is 5.88. The molecule has 0 atom stereocenters. The average Bonchev–Trinajstić information content (AvgIpc) is 2.28. The van der Waals surface area contributed by atoms with E-state index in [2.05, 4.69) is 0 Å². The summed E-state index contributed by atoms with van der Waals surface area (Å²) in [6.07, 6.45) is 0. The first kappa shape index (κ1) is 14.2. The van der Waals surface area contributed by atoms with Gasteiger partial charge in [-0.3, -0.25) is 14.9 Å². The van der Waals surface area contributed by atoms with E-state index in [1.165, 1.54) is 24.3 Å². The van der Waals surface area contributed by atoms with Gasteiger partial charge in [-0.15, -0.1) is 0 Å². The van der Waals surface area contributed by atoms with Crippen molar-refractivity contribution >= 4 is 11.6 Å². The third-order valence-corrected chi connectivity index (χ3v) is 2.67. The monoisotopic (exact) mass is 250 g/mol. The molecular formula is C13H18N2O3. The van der Waals surface area contributed by atoms with Crippen LogP contribution in [0.25, 0.3) is 0 Å². The molecule has 0 aliphatic heterocycles. The van der Waals surface area contributed by atoms with E-state index in [-0.39, 0.29) is 23.7 Å². The molecule has 0 aromatic heterocycles. The number of nitro groups is 1. The molecule has 1 aromatic carbocycles. The highest BCUT2D eigenvalue weighted by Gasteiger charge is 2.21. The first-order chi connectivity index (χ1) is 8.34. The van der Waals surface area contributed by atoms with Crippen molar-refractivity contribution in [2.45, 2.75) is 39.8 Å². The molecular weight excluding hydrogens is 232 g/mol. The Bertz CT molecular complexity index is 430. The van der Waals surface area contributed by atoms with Crippen molar-refractivity contribution in [3.8, 4) is 0 Å². The molecule has 18 heavy (non-hydrogen) atoms. The molecule has 0 aliphatic rings. The van der Waals surface area contributed by atoms with Crippen LogP contribution in [0.1, 0.15) is 38.1 Å². The Morgan fingerprint density at radius 2 is 1.56 bits per heavy atom. The molecule has 0 unspecified atom stereocenters. The van der Waals surface area contributed by atoms with Crippen LogP contribution in [0.4, 0.5) is 5.69 Å². The van der Waals surface area contributed by atoms with Gasteiger partial charge in [-0.05, 0) is 39.8 Å². The predicted molar refractivity (Wildman–Crippen MR) is 69.5 cm³/mol. The second kappa shape index (κ2) is 5.62. The zero-order chi connectivity index (χ0) is 13.9. The van der Waals surface area contributed by atoms with Gasteiger partial charge in [0.05, 0.1) is 4.92 Å². The van der Waals surface area contributed by atoms with Gasteiger partial charge in [-0.2, -0.15) is 0 Å². The molecule has 5 heteroatoms. The topological polar surface area (TPSA) is 63.5 Å². The van der Waals surface area contributed by atoms with Crippen LogP contribution in [0.3, 0.4) is 0 Å². The standard InChI is InChI=1S/C13H18N2O3/c1-9(2)14(10(3)4)13(16)11-5-7-12(8-6-11)15(17)18/h5-10H,1-4H3. The van der Waals surface area contributed by atoms with Gasteiger partial charge in [0.25, 0.3) is 11.6 Å². The maximum atomic E-state index is 12.3. The fourth-order valence-electron chi connectivity index (χ4n) is 1.94. The van der Waals surface area contributed by atoms with Crippen molar-refractivity contribution in [2.24, 2.45) is 0 Å². The minimum absolute atomic E-state index is 0.00723. The number of hydrogen-bond acceptors (Lipinski definition) is 3. The molecule has 0 spiro atoms. The SMILES string of the molecule is CC(C)N(C(=O)c1ccc([N+](=O)[O-])cc1)C(C)C. The third kappa shape index (κ3) is 3.06. The third-order valence-electron chi connectivity index (χ3n) is 2.67. The molecule has 0 heterocycles. The second-order valence-electron chi connectivity index (χ2n) is 4.70. The molecule has 0 saturated heterocycles. The van der Waals surface area contributed by atoms with Crippen molar-refractivity contribution in [1.29, 1.82) is 0 Å². The maximum Gasteiger partial charge on any atom is 0.269 e. The molecule has 1 rings (SSSR count). The molecule has 0 N–H and O–H groups in total. The minimum atomic E-state index is -0.475. The Kier molecular flexibility index (Phi) is 4.42. The lowest BCUT2D eigenvalue weighted by molar-refractivity contribution is -0.384. The van der Waals surface area contributed by atoms with Crippen LogP contribution in [0.2, 0.25) is 0 Å². The van der Waals surface area contributed by atoms with Crippen LogP contribution in [0.5, 0.6) is 0 Å². The number of nitrogens with zero attached hydrogens (tertiary/aromatic N) is 2. The number of hydrogen-bond donors (Lipinski definition) is 0. The highest BCUT2D eigenvalue weighted by atomic mass is 16.6. The zero-order valence-electron chi connectivity index (χ0n) is 11.1. The highest BCUT2D eigenvalue weighted by molar-refractivity contribution is 5.94. The number of rotatable bonds is 4. The van der Waals surface area contributed by atoms with E-state index in [0.29, 0.717) is 5.56 Å². The summed E-state index contributed by atoms with van der Waals surface area (Å²) in [5.74, 6) is -0.102. The number of nitro benzene ring substituents is 1. The van der Waals surface area contributed by atoms with E-state index >= 15 is 0 Å². The fourth-order valence-corrected chi connectivity index (χ4v) is 1.94. The number of amides is 1. The summed E-state index contributed by atoms with van der Waals surface area (Å²) < 4.78 is 0. The summed E-state index contributed by atoms with van der Waals surface area (Å²) in [5, 5.41) is 10.5. The number of benzene rings is 1. The molecule has 0 bridgehead atoms. The number of carbonyl (C=O) groups excluding carboxylic acids is 1. The Morgan fingerprint density at radius 1 is 1.11 bits per heavy atom. The van der Waals surface area contributed by atoms with E-state index in [4.69, 9.17) is 0 Å². The number of non-ortho nitro benzene ring substituents is 1. The lowest BCUT2D eigenvalue weighted by Gasteiger charge is -2.30. The summed E-state index contributed by atoms with van der Waals surface area (Å²) in [7, 11) is 0. The molecule has 5 nitrogen and oxygen atoms in total. The first-order valence-corrected chi connectivity index (χ1v) is 5.91. The van der Waals surface area contributed by atoms with Gasteiger partial charge in [-0.1, -0.05) is 0 Å². The van der Waals surface area contributed by atoms with Gasteiger partial charge in [-0.25, -0.2) is 0 Å². The quantitative estimate of drug-likeness (QED) is 0.609. The Hall–Kier alpha value is -1.91. The van der Waals surface area contributed by atoms with Crippen molar-refractivity contribution in [2.75, 3.05) is 0 Å². The van der Waals surface area contributed by atoms with Gasteiger partial charge in [0.15, 0.2) is 0 Å². The van der Waals surface area contributed by atoms with E-state index < -0.39 is 4.92 Å². The Morgan fingerprint density at radius 3 is 1.89 bits per heavy atom. The Labute approximate surface area is 107 Å². The van der Waals surface area contributed by atoms with Gasteiger partial charge < -0.3 is 4.90 Å². The van der Waals surface area contributed by atoms with Crippen LogP contribution in [0.15, 0.2) is 24.3 Å². The highest BCUT2D eigenvalue weighted by Crippen LogP contribution is 2.16. The van der Waals surface area contributed by atoms with Crippen LogP contribution in [0, 0.1) is 10.1 Å². The predicted octanol–water partition coefficient (Wildman–Crippen LogP) is 2.85. The summed E-state index contributed by atoms with van der Waals surface area (Å²) in [6.45, 7) is 7.79. The minimum Gasteiger partial charge on any atom is -0.334 e. The van der Waals surface area contributed by atoms with Crippen LogP contribution in [-0.4, -0.2) is 27.8 Å². The fraction of sp³-hybridized carbons (Fsp3) is 0.462. The normalized spacial score (nSPS) is 10.8. The molecule has 0 radical (unpaired) electrons. The van der Waals surface area contributed by atoms with Crippen LogP contribution >= 0.6 is 0 Å². The second-order valence-corrected chi connectivity index (χ2v) is 4.70. The van der Waals surface area contributed by atoms with Crippen molar-refractivity contribution in [3.63, 3.8) is 0 Å². The molecule has 1 aromatic rings. The molecule has 0 aliphatic carbocycles. The molecule has 98 valence electrons. The lowest BCUT2D eigenvalue weighted by Crippen LogP contribution is -2.42. The lowest BCUT2D eigenvalue weighted by atomic mass is 10.1. The van der Waals surface area contributed by atoms with Crippen molar-refractivity contribution < 1.29 is 9.72 Å². The van der Waals surface area contributed by atoms with Crippen LogP contribution in [-0.2, 0) is 0 Å². The summed E-state index contributed by atoms with van der Waals surface area (Å²) in [5.41, 5.74) is 0.468. The van der Waals surface area contributed by atoms with E-state index in [9.17, 15) is 14.9 Å².